The fourth-order valence-electron chi connectivity index (χ4n) is 4.85. The Balaban J connectivity index is 1.54. The van der Waals surface area contributed by atoms with Crippen LogP contribution in [0.2, 0.25) is 0 Å². The van der Waals surface area contributed by atoms with E-state index >= 15 is 0 Å². The van der Waals surface area contributed by atoms with E-state index in [1.807, 2.05) is 28.9 Å². The van der Waals surface area contributed by atoms with Gasteiger partial charge in [-0.05, 0) is 68.5 Å². The highest BCUT2D eigenvalue weighted by molar-refractivity contribution is 5.97. The molecular formula is C26H33N3O2. The van der Waals surface area contributed by atoms with Gasteiger partial charge in [0, 0.05) is 56.4 Å². The van der Waals surface area contributed by atoms with E-state index in [1.54, 1.807) is 0 Å². The molecule has 4 rings (SSSR count). The van der Waals surface area contributed by atoms with Gasteiger partial charge in [0.15, 0.2) is 0 Å². The van der Waals surface area contributed by atoms with Gasteiger partial charge in [-0.2, -0.15) is 0 Å². The highest BCUT2D eigenvalue weighted by Crippen LogP contribution is 2.29. The summed E-state index contributed by atoms with van der Waals surface area (Å²) < 4.78 is 0. The first-order chi connectivity index (χ1) is 14.9. The maximum absolute atomic E-state index is 13.3. The number of rotatable bonds is 3. The summed E-state index contributed by atoms with van der Waals surface area (Å²) >= 11 is 0. The minimum Gasteiger partial charge on any atom is -0.369 e. The molecule has 2 aliphatic heterocycles. The summed E-state index contributed by atoms with van der Waals surface area (Å²) in [5.41, 5.74) is 6.69. The summed E-state index contributed by atoms with van der Waals surface area (Å²) in [6, 6.07) is 12.7. The van der Waals surface area contributed by atoms with Crippen molar-refractivity contribution in [3.63, 3.8) is 0 Å². The van der Waals surface area contributed by atoms with Crippen molar-refractivity contribution in [1.82, 2.24) is 9.80 Å². The van der Waals surface area contributed by atoms with Gasteiger partial charge in [-0.1, -0.05) is 24.3 Å². The van der Waals surface area contributed by atoms with Crippen molar-refractivity contribution in [3.8, 4) is 0 Å². The second-order valence-corrected chi connectivity index (χ2v) is 9.05. The minimum absolute atomic E-state index is 0.110. The topological polar surface area (TPSA) is 43.9 Å². The van der Waals surface area contributed by atoms with Gasteiger partial charge in [-0.25, -0.2) is 0 Å². The zero-order valence-electron chi connectivity index (χ0n) is 19.1. The van der Waals surface area contributed by atoms with E-state index in [4.69, 9.17) is 0 Å². The van der Waals surface area contributed by atoms with Crippen LogP contribution in [0.25, 0.3) is 0 Å². The molecule has 0 spiro atoms. The summed E-state index contributed by atoms with van der Waals surface area (Å²) in [6.07, 6.45) is 1.44. The van der Waals surface area contributed by atoms with Crippen molar-refractivity contribution in [2.24, 2.45) is 0 Å². The first kappa shape index (κ1) is 21.4. The zero-order chi connectivity index (χ0) is 22.1. The fraction of sp³-hybridized carbons (Fsp3) is 0.462. The zero-order valence-corrected chi connectivity index (χ0v) is 19.1. The van der Waals surface area contributed by atoms with Gasteiger partial charge in [0.2, 0.25) is 5.91 Å². The quantitative estimate of drug-likeness (QED) is 0.757. The van der Waals surface area contributed by atoms with E-state index in [1.165, 1.54) is 11.1 Å². The molecule has 0 aliphatic carbocycles. The Kier molecular flexibility index (Phi) is 6.03. The van der Waals surface area contributed by atoms with Crippen LogP contribution in [0.15, 0.2) is 36.4 Å². The van der Waals surface area contributed by atoms with Crippen LogP contribution in [0, 0.1) is 13.8 Å². The van der Waals surface area contributed by atoms with Crippen LogP contribution in [0.4, 0.5) is 5.69 Å². The van der Waals surface area contributed by atoms with Gasteiger partial charge < -0.3 is 14.7 Å². The maximum atomic E-state index is 13.3. The molecule has 0 radical (unpaired) electrons. The minimum atomic E-state index is 0.110. The van der Waals surface area contributed by atoms with Gasteiger partial charge in [0.05, 0.1) is 0 Å². The van der Waals surface area contributed by atoms with Crippen molar-refractivity contribution in [2.45, 2.75) is 53.1 Å². The lowest BCUT2D eigenvalue weighted by Gasteiger charge is -2.31. The lowest BCUT2D eigenvalue weighted by molar-refractivity contribution is -0.131. The van der Waals surface area contributed by atoms with E-state index in [9.17, 15) is 9.59 Å². The van der Waals surface area contributed by atoms with Crippen LogP contribution < -0.4 is 4.90 Å². The molecule has 1 fully saturated rings. The third-order valence-corrected chi connectivity index (χ3v) is 6.90. The van der Waals surface area contributed by atoms with Crippen molar-refractivity contribution >= 4 is 17.5 Å². The van der Waals surface area contributed by atoms with Crippen LogP contribution >= 0.6 is 0 Å². The molecule has 0 unspecified atom stereocenters. The molecule has 0 N–H and O–H groups in total. The molecule has 2 aliphatic rings. The van der Waals surface area contributed by atoms with Gasteiger partial charge in [0.1, 0.15) is 0 Å². The monoisotopic (exact) mass is 419 g/mol. The van der Waals surface area contributed by atoms with Crippen molar-refractivity contribution < 1.29 is 9.59 Å². The molecular weight excluding hydrogens is 386 g/mol. The molecule has 2 aromatic rings. The summed E-state index contributed by atoms with van der Waals surface area (Å²) in [5.74, 6) is 0.336. The van der Waals surface area contributed by atoms with Crippen LogP contribution in [-0.4, -0.2) is 53.8 Å². The van der Waals surface area contributed by atoms with Gasteiger partial charge >= 0.3 is 0 Å². The Morgan fingerprint density at radius 1 is 0.871 bits per heavy atom. The molecule has 2 aromatic carbocycles. The number of carbonyl (C=O) groups excluding carboxylic acids is 2. The Bertz CT molecular complexity index is 998. The molecule has 2 heterocycles. The normalized spacial score (nSPS) is 17.1. The van der Waals surface area contributed by atoms with Crippen LogP contribution in [-0.2, 0) is 17.8 Å². The number of anilines is 1. The molecule has 164 valence electrons. The Labute approximate surface area is 185 Å². The Morgan fingerprint density at radius 2 is 1.61 bits per heavy atom. The summed E-state index contributed by atoms with van der Waals surface area (Å²) in [6.45, 7) is 12.0. The standard InChI is InChI=1S/C26H33N3O2/c1-18(2)29-16-15-27(14-12-25(29)30)24-10-9-23(19(3)20(24)4)26(31)28-13-11-21-7-5-6-8-22(21)17-28/h5-10,18H,11-17H2,1-4H3. The van der Waals surface area contributed by atoms with Gasteiger partial charge in [0.25, 0.3) is 5.91 Å². The van der Waals surface area contributed by atoms with Crippen LogP contribution in [0.5, 0.6) is 0 Å². The number of nitrogens with zero attached hydrogens (tertiary/aromatic N) is 3. The molecule has 0 bridgehead atoms. The molecule has 5 nitrogen and oxygen atoms in total. The highest BCUT2D eigenvalue weighted by Gasteiger charge is 2.26. The molecule has 0 atom stereocenters. The first-order valence-corrected chi connectivity index (χ1v) is 11.4. The lowest BCUT2D eigenvalue weighted by Crippen LogP contribution is -2.38. The number of benzene rings is 2. The molecule has 0 aromatic heterocycles. The van der Waals surface area contributed by atoms with Gasteiger partial charge in [-0.15, -0.1) is 0 Å². The van der Waals surface area contributed by atoms with Crippen molar-refractivity contribution in [2.75, 3.05) is 31.1 Å². The van der Waals surface area contributed by atoms with Crippen molar-refractivity contribution in [3.05, 3.63) is 64.2 Å². The summed E-state index contributed by atoms with van der Waals surface area (Å²) in [7, 11) is 0. The third kappa shape index (κ3) is 4.18. The Morgan fingerprint density at radius 3 is 2.35 bits per heavy atom. The molecule has 31 heavy (non-hydrogen) atoms. The van der Waals surface area contributed by atoms with Gasteiger partial charge in [-0.3, -0.25) is 9.59 Å². The lowest BCUT2D eigenvalue weighted by atomic mass is 9.96. The summed E-state index contributed by atoms with van der Waals surface area (Å²) in [4.78, 5) is 32.0. The second kappa shape index (κ2) is 8.74. The number of carbonyl (C=O) groups is 2. The molecule has 1 saturated heterocycles. The average Bonchev–Trinajstić information content (AvgIpc) is 2.96. The molecule has 0 saturated carbocycles. The summed E-state index contributed by atoms with van der Waals surface area (Å²) in [5, 5.41) is 0. The third-order valence-electron chi connectivity index (χ3n) is 6.90. The average molecular weight is 420 g/mol. The van der Waals surface area contributed by atoms with E-state index in [0.29, 0.717) is 13.0 Å². The second-order valence-electron chi connectivity index (χ2n) is 9.05. The number of fused-ring (bicyclic) bond motifs is 1. The van der Waals surface area contributed by atoms with E-state index in [0.717, 1.165) is 55.0 Å². The SMILES string of the molecule is Cc1c(C(=O)N2CCc3ccccc3C2)ccc(N2CCC(=O)N(C(C)C)CC2)c1C. The Hall–Kier alpha value is -2.82. The number of amides is 2. The van der Waals surface area contributed by atoms with E-state index < -0.39 is 0 Å². The van der Waals surface area contributed by atoms with E-state index in [2.05, 4.69) is 49.9 Å². The maximum Gasteiger partial charge on any atom is 0.254 e. The number of hydrogen-bond donors (Lipinski definition) is 0. The fourth-order valence-corrected chi connectivity index (χ4v) is 4.85. The predicted octanol–water partition coefficient (Wildman–Crippen LogP) is 3.95. The van der Waals surface area contributed by atoms with Crippen LogP contribution in [0.1, 0.15) is 52.9 Å². The predicted molar refractivity (Wildman–Crippen MR) is 124 cm³/mol. The smallest absolute Gasteiger partial charge is 0.254 e. The largest absolute Gasteiger partial charge is 0.369 e. The number of hydrogen-bond acceptors (Lipinski definition) is 3. The van der Waals surface area contributed by atoms with Crippen molar-refractivity contribution in [1.29, 1.82) is 0 Å². The highest BCUT2D eigenvalue weighted by atomic mass is 16.2. The van der Waals surface area contributed by atoms with E-state index in [-0.39, 0.29) is 17.9 Å². The van der Waals surface area contributed by atoms with Crippen LogP contribution in [0.3, 0.4) is 0 Å². The first-order valence-electron chi connectivity index (χ1n) is 11.4. The molecule has 2 amide bonds. The molecule has 5 heteroatoms.